The van der Waals surface area contributed by atoms with E-state index in [1.165, 1.54) is 17.8 Å². The van der Waals surface area contributed by atoms with Gasteiger partial charge in [0.05, 0.1) is 5.56 Å². The minimum absolute atomic E-state index is 0.0592. The molecule has 4 N–H and O–H groups in total. The Labute approximate surface area is 186 Å². The molecule has 2 amide bonds. The van der Waals surface area contributed by atoms with Crippen molar-refractivity contribution in [2.45, 2.75) is 58.4 Å². The second-order valence-electron chi connectivity index (χ2n) is 7.82. The highest BCUT2D eigenvalue weighted by molar-refractivity contribution is 7.16. The molecule has 8 heteroatoms. The monoisotopic (exact) mass is 446 g/mol. The average molecular weight is 447 g/mol. The fourth-order valence-electron chi connectivity index (χ4n) is 3.41. The summed E-state index contributed by atoms with van der Waals surface area (Å²) >= 11 is 1.52. The molecule has 1 fully saturated rings. The number of carboxylic acid groups (broad SMARTS) is 2. The Balaban J connectivity index is 0.000000785. The molecule has 1 aromatic carbocycles. The molecule has 1 aliphatic rings. The normalized spacial score (nSPS) is 13.8. The Kier molecular flexibility index (Phi) is 9.52. The quantitative estimate of drug-likeness (QED) is 0.465. The Bertz CT molecular complexity index is 869. The molecule has 3 rings (SSSR count). The lowest BCUT2D eigenvalue weighted by Gasteiger charge is -2.20. The SMILES string of the molecule is CC(C)c1cc(C(=O)NCc2ccccc2)c(NC(=O)C2CCCCC2)s1.O=C(O)O. The molecule has 0 saturated heterocycles. The third kappa shape index (κ3) is 8.05. The molecule has 0 spiro atoms. The second-order valence-corrected chi connectivity index (χ2v) is 8.91. The third-order valence-electron chi connectivity index (χ3n) is 5.07. The lowest BCUT2D eigenvalue weighted by atomic mass is 9.89. The highest BCUT2D eigenvalue weighted by Gasteiger charge is 2.24. The summed E-state index contributed by atoms with van der Waals surface area (Å²) in [5.74, 6) is 0.310. The zero-order valence-corrected chi connectivity index (χ0v) is 18.7. The maximum absolute atomic E-state index is 12.8. The van der Waals surface area contributed by atoms with E-state index in [0.717, 1.165) is 36.1 Å². The summed E-state index contributed by atoms with van der Waals surface area (Å²) < 4.78 is 0. The van der Waals surface area contributed by atoms with Crippen molar-refractivity contribution in [3.05, 3.63) is 52.4 Å². The molecule has 0 aliphatic heterocycles. The van der Waals surface area contributed by atoms with Gasteiger partial charge >= 0.3 is 6.16 Å². The summed E-state index contributed by atoms with van der Waals surface area (Å²) in [5, 5.41) is 20.7. The summed E-state index contributed by atoms with van der Waals surface area (Å²) in [7, 11) is 0. The van der Waals surface area contributed by atoms with Gasteiger partial charge in [0.25, 0.3) is 5.91 Å². The number of anilines is 1. The van der Waals surface area contributed by atoms with Crippen molar-refractivity contribution in [1.29, 1.82) is 0 Å². The van der Waals surface area contributed by atoms with Crippen LogP contribution in [0.2, 0.25) is 0 Å². The Morgan fingerprint density at radius 3 is 2.26 bits per heavy atom. The molecule has 0 radical (unpaired) electrons. The third-order valence-corrected chi connectivity index (χ3v) is 6.42. The van der Waals surface area contributed by atoms with Crippen LogP contribution in [0.15, 0.2) is 36.4 Å². The van der Waals surface area contributed by atoms with Crippen LogP contribution in [0, 0.1) is 5.92 Å². The molecule has 0 atom stereocenters. The van der Waals surface area contributed by atoms with Crippen molar-refractivity contribution in [3.8, 4) is 0 Å². The van der Waals surface area contributed by atoms with Crippen molar-refractivity contribution in [3.63, 3.8) is 0 Å². The summed E-state index contributed by atoms with van der Waals surface area (Å²) in [5.41, 5.74) is 1.63. The molecule has 1 heterocycles. The standard InChI is InChI=1S/C22H28N2O2S.CH2O3/c1-15(2)19-13-18(21(26)23-14-16-9-5-3-6-10-16)22(27-19)24-20(25)17-11-7-4-8-12-17;2-1(3)4/h3,5-6,9-10,13,15,17H,4,7-8,11-12,14H2,1-2H3,(H,23,26)(H,24,25);(H2,2,3,4). The van der Waals surface area contributed by atoms with E-state index < -0.39 is 6.16 Å². The highest BCUT2D eigenvalue weighted by atomic mass is 32.1. The van der Waals surface area contributed by atoms with Gasteiger partial charge in [-0.15, -0.1) is 11.3 Å². The van der Waals surface area contributed by atoms with Gasteiger partial charge in [-0.1, -0.05) is 63.4 Å². The molecular weight excluding hydrogens is 416 g/mol. The molecular formula is C23H30N2O5S. The van der Waals surface area contributed by atoms with E-state index in [1.54, 1.807) is 0 Å². The average Bonchev–Trinajstić information content (AvgIpc) is 3.17. The number of carbonyl (C=O) groups excluding carboxylic acids is 2. The zero-order chi connectivity index (χ0) is 22.8. The lowest BCUT2D eigenvalue weighted by Crippen LogP contribution is -2.27. The van der Waals surface area contributed by atoms with Gasteiger partial charge < -0.3 is 20.8 Å². The predicted octanol–water partition coefficient (Wildman–Crippen LogP) is 5.54. The van der Waals surface area contributed by atoms with E-state index in [4.69, 9.17) is 15.0 Å². The van der Waals surface area contributed by atoms with Gasteiger partial charge in [-0.25, -0.2) is 4.79 Å². The lowest BCUT2D eigenvalue weighted by molar-refractivity contribution is -0.120. The number of hydrogen-bond donors (Lipinski definition) is 4. The molecule has 1 saturated carbocycles. The number of thiophene rings is 1. The van der Waals surface area contributed by atoms with Crippen molar-refractivity contribution in [2.75, 3.05) is 5.32 Å². The Morgan fingerprint density at radius 1 is 1.06 bits per heavy atom. The van der Waals surface area contributed by atoms with Gasteiger partial charge in [0, 0.05) is 17.3 Å². The number of benzene rings is 1. The molecule has 1 aromatic heterocycles. The zero-order valence-electron chi connectivity index (χ0n) is 17.9. The van der Waals surface area contributed by atoms with Crippen LogP contribution in [0.5, 0.6) is 0 Å². The number of carbonyl (C=O) groups is 3. The topological polar surface area (TPSA) is 116 Å². The van der Waals surface area contributed by atoms with Crippen LogP contribution in [0.1, 0.15) is 72.7 Å². The second kappa shape index (κ2) is 12.1. The van der Waals surface area contributed by atoms with Crippen LogP contribution in [0.25, 0.3) is 0 Å². The van der Waals surface area contributed by atoms with Crippen molar-refractivity contribution in [2.24, 2.45) is 5.92 Å². The molecule has 1 aliphatic carbocycles. The first kappa shape index (κ1) is 24.4. The van der Waals surface area contributed by atoms with Crippen LogP contribution in [-0.4, -0.2) is 28.2 Å². The minimum Gasteiger partial charge on any atom is -0.450 e. The first-order valence-corrected chi connectivity index (χ1v) is 11.3. The molecule has 0 bridgehead atoms. The van der Waals surface area contributed by atoms with Gasteiger partial charge in [-0.05, 0) is 30.4 Å². The number of amides is 2. The fourth-order valence-corrected chi connectivity index (χ4v) is 4.47. The number of hydrogen-bond acceptors (Lipinski definition) is 4. The van der Waals surface area contributed by atoms with Gasteiger partial charge in [0.1, 0.15) is 5.00 Å². The first-order chi connectivity index (χ1) is 14.8. The van der Waals surface area contributed by atoms with Crippen LogP contribution < -0.4 is 10.6 Å². The van der Waals surface area contributed by atoms with Gasteiger partial charge in [-0.3, -0.25) is 9.59 Å². The van der Waals surface area contributed by atoms with Crippen LogP contribution in [0.3, 0.4) is 0 Å². The van der Waals surface area contributed by atoms with Crippen LogP contribution in [-0.2, 0) is 11.3 Å². The van der Waals surface area contributed by atoms with E-state index >= 15 is 0 Å². The molecule has 7 nitrogen and oxygen atoms in total. The summed E-state index contributed by atoms with van der Waals surface area (Å²) in [6, 6.07) is 11.8. The van der Waals surface area contributed by atoms with E-state index in [0.29, 0.717) is 23.0 Å². The van der Waals surface area contributed by atoms with Gasteiger partial charge in [0.15, 0.2) is 0 Å². The molecule has 0 unspecified atom stereocenters. The summed E-state index contributed by atoms with van der Waals surface area (Å²) in [6.07, 6.45) is 3.51. The van der Waals surface area contributed by atoms with Crippen LogP contribution in [0.4, 0.5) is 9.80 Å². The fraction of sp³-hybridized carbons (Fsp3) is 0.435. The van der Waals surface area contributed by atoms with E-state index in [2.05, 4.69) is 24.5 Å². The smallest absolute Gasteiger partial charge is 0.450 e. The van der Waals surface area contributed by atoms with Gasteiger partial charge in [0.2, 0.25) is 5.91 Å². The van der Waals surface area contributed by atoms with Crippen molar-refractivity contribution in [1.82, 2.24) is 5.32 Å². The largest absolute Gasteiger partial charge is 0.503 e. The van der Waals surface area contributed by atoms with Crippen LogP contribution >= 0.6 is 11.3 Å². The predicted molar refractivity (Wildman–Crippen MR) is 122 cm³/mol. The van der Waals surface area contributed by atoms with Crippen molar-refractivity contribution >= 4 is 34.3 Å². The van der Waals surface area contributed by atoms with E-state index in [9.17, 15) is 9.59 Å². The summed E-state index contributed by atoms with van der Waals surface area (Å²) in [6.45, 7) is 4.68. The van der Waals surface area contributed by atoms with Gasteiger partial charge in [-0.2, -0.15) is 0 Å². The maximum atomic E-state index is 12.8. The Hall–Kier alpha value is -2.87. The Morgan fingerprint density at radius 2 is 1.68 bits per heavy atom. The minimum atomic E-state index is -1.83. The van der Waals surface area contributed by atoms with E-state index in [1.807, 2.05) is 36.4 Å². The van der Waals surface area contributed by atoms with E-state index in [-0.39, 0.29) is 17.7 Å². The molecule has 31 heavy (non-hydrogen) atoms. The summed E-state index contributed by atoms with van der Waals surface area (Å²) in [4.78, 5) is 35.1. The molecule has 2 aromatic rings. The maximum Gasteiger partial charge on any atom is 0.503 e. The highest BCUT2D eigenvalue weighted by Crippen LogP contribution is 2.34. The number of rotatable bonds is 6. The number of nitrogens with one attached hydrogen (secondary N) is 2. The first-order valence-electron chi connectivity index (χ1n) is 10.5. The van der Waals surface area contributed by atoms with Crippen molar-refractivity contribution < 1.29 is 24.6 Å². The molecule has 168 valence electrons.